The molecule has 1 nitrogen and oxygen atoms in total. The smallest absolute Gasteiger partial charge is 0.103 e. The van der Waals surface area contributed by atoms with Crippen molar-refractivity contribution in [2.24, 2.45) is 0 Å². The molecule has 9 heavy (non-hydrogen) atoms. The average molecular weight is 124 g/mol. The summed E-state index contributed by atoms with van der Waals surface area (Å²) in [5.41, 5.74) is 1.30. The highest BCUT2D eigenvalue weighted by molar-refractivity contribution is 5.12. The maximum Gasteiger partial charge on any atom is 0.103 e. The van der Waals surface area contributed by atoms with Crippen molar-refractivity contribution in [3.63, 3.8) is 0 Å². The van der Waals surface area contributed by atoms with Gasteiger partial charge in [-0.05, 0) is 18.1 Å². The Labute approximate surface area is 55.7 Å². The van der Waals surface area contributed by atoms with Gasteiger partial charge in [0.25, 0.3) is 0 Å². The van der Waals surface area contributed by atoms with Crippen LogP contribution in [0, 0.1) is 0 Å². The van der Waals surface area contributed by atoms with E-state index in [9.17, 15) is 0 Å². The SMILES string of the molecule is CCc1coc(CC)c1. The van der Waals surface area contributed by atoms with Gasteiger partial charge in [0.05, 0.1) is 6.26 Å². The van der Waals surface area contributed by atoms with E-state index < -0.39 is 0 Å². The monoisotopic (exact) mass is 124 g/mol. The molecule has 0 spiro atoms. The molecule has 1 aromatic rings. The molecular weight excluding hydrogens is 112 g/mol. The summed E-state index contributed by atoms with van der Waals surface area (Å²) >= 11 is 0. The summed E-state index contributed by atoms with van der Waals surface area (Å²) in [5.74, 6) is 1.09. The van der Waals surface area contributed by atoms with Gasteiger partial charge in [0.2, 0.25) is 0 Å². The molecule has 0 radical (unpaired) electrons. The normalized spacial score (nSPS) is 10.0. The second-order valence-electron chi connectivity index (χ2n) is 2.13. The van der Waals surface area contributed by atoms with Gasteiger partial charge in [-0.2, -0.15) is 0 Å². The Hall–Kier alpha value is -0.720. The minimum Gasteiger partial charge on any atom is -0.469 e. The fourth-order valence-electron chi connectivity index (χ4n) is 0.797. The van der Waals surface area contributed by atoms with E-state index in [0.717, 1.165) is 18.6 Å². The average Bonchev–Trinajstić information content (AvgIpc) is 2.34. The van der Waals surface area contributed by atoms with E-state index in [1.165, 1.54) is 5.56 Å². The summed E-state index contributed by atoms with van der Waals surface area (Å²) in [5, 5.41) is 0. The summed E-state index contributed by atoms with van der Waals surface area (Å²) in [6.07, 6.45) is 3.91. The first-order chi connectivity index (χ1) is 4.36. The van der Waals surface area contributed by atoms with Crippen LogP contribution in [0.2, 0.25) is 0 Å². The minimum absolute atomic E-state index is 1.00. The van der Waals surface area contributed by atoms with E-state index in [2.05, 4.69) is 19.9 Å². The van der Waals surface area contributed by atoms with Crippen molar-refractivity contribution in [2.45, 2.75) is 26.7 Å². The van der Waals surface area contributed by atoms with Crippen molar-refractivity contribution in [1.82, 2.24) is 0 Å². The van der Waals surface area contributed by atoms with E-state index >= 15 is 0 Å². The third-order valence-corrected chi connectivity index (χ3v) is 1.46. The number of hydrogen-bond donors (Lipinski definition) is 0. The summed E-state index contributed by atoms with van der Waals surface area (Å²) in [7, 11) is 0. The Balaban J connectivity index is 2.74. The molecule has 0 aliphatic carbocycles. The fraction of sp³-hybridized carbons (Fsp3) is 0.500. The van der Waals surface area contributed by atoms with Gasteiger partial charge in [-0.15, -0.1) is 0 Å². The number of furan rings is 1. The molecule has 0 aliphatic rings. The van der Waals surface area contributed by atoms with Crippen LogP contribution >= 0.6 is 0 Å². The first-order valence-corrected chi connectivity index (χ1v) is 3.43. The molecule has 0 saturated carbocycles. The van der Waals surface area contributed by atoms with Gasteiger partial charge in [-0.1, -0.05) is 13.8 Å². The Morgan fingerprint density at radius 2 is 2.11 bits per heavy atom. The molecule has 0 aliphatic heterocycles. The lowest BCUT2D eigenvalue weighted by molar-refractivity contribution is 0.514. The minimum atomic E-state index is 1.00. The van der Waals surface area contributed by atoms with Crippen molar-refractivity contribution >= 4 is 0 Å². The molecule has 1 heterocycles. The molecule has 1 rings (SSSR count). The predicted molar refractivity (Wildman–Crippen MR) is 37.5 cm³/mol. The zero-order valence-corrected chi connectivity index (χ0v) is 5.98. The van der Waals surface area contributed by atoms with Crippen LogP contribution in [-0.2, 0) is 12.8 Å². The Kier molecular flexibility index (Phi) is 1.93. The van der Waals surface area contributed by atoms with Crippen molar-refractivity contribution in [3.8, 4) is 0 Å². The quantitative estimate of drug-likeness (QED) is 0.590. The molecule has 0 unspecified atom stereocenters. The molecule has 0 saturated heterocycles. The molecule has 1 aromatic heterocycles. The van der Waals surface area contributed by atoms with Crippen LogP contribution < -0.4 is 0 Å². The zero-order chi connectivity index (χ0) is 6.69. The zero-order valence-electron chi connectivity index (χ0n) is 5.98. The van der Waals surface area contributed by atoms with Crippen molar-refractivity contribution in [3.05, 3.63) is 23.7 Å². The van der Waals surface area contributed by atoms with Crippen molar-refractivity contribution in [2.75, 3.05) is 0 Å². The Morgan fingerprint density at radius 1 is 1.33 bits per heavy atom. The molecule has 0 amide bonds. The summed E-state index contributed by atoms with van der Waals surface area (Å²) in [4.78, 5) is 0. The van der Waals surface area contributed by atoms with Crippen LogP contribution in [-0.4, -0.2) is 0 Å². The molecule has 0 atom stereocenters. The predicted octanol–water partition coefficient (Wildman–Crippen LogP) is 2.40. The molecule has 0 N–H and O–H groups in total. The second-order valence-corrected chi connectivity index (χ2v) is 2.13. The molecular formula is C8H12O. The number of hydrogen-bond acceptors (Lipinski definition) is 1. The maximum absolute atomic E-state index is 5.20. The van der Waals surface area contributed by atoms with E-state index in [1.807, 2.05) is 6.26 Å². The van der Waals surface area contributed by atoms with Crippen molar-refractivity contribution in [1.29, 1.82) is 0 Å². The number of aryl methyl sites for hydroxylation is 2. The third-order valence-electron chi connectivity index (χ3n) is 1.46. The highest BCUT2D eigenvalue weighted by atomic mass is 16.3. The van der Waals surface area contributed by atoms with Crippen LogP contribution in [0.3, 0.4) is 0 Å². The third kappa shape index (κ3) is 1.35. The largest absolute Gasteiger partial charge is 0.469 e. The van der Waals surface area contributed by atoms with E-state index in [-0.39, 0.29) is 0 Å². The molecule has 0 fully saturated rings. The standard InChI is InChI=1S/C8H12O/c1-3-7-5-8(4-2)9-6-7/h5-6H,3-4H2,1-2H3. The van der Waals surface area contributed by atoms with Crippen LogP contribution in [0.5, 0.6) is 0 Å². The van der Waals surface area contributed by atoms with E-state index in [1.54, 1.807) is 0 Å². The molecule has 1 heteroatoms. The van der Waals surface area contributed by atoms with Gasteiger partial charge >= 0.3 is 0 Å². The lowest BCUT2D eigenvalue weighted by Gasteiger charge is -1.81. The summed E-state index contributed by atoms with van der Waals surface area (Å²) < 4.78 is 5.20. The number of rotatable bonds is 2. The van der Waals surface area contributed by atoms with Gasteiger partial charge in [0.1, 0.15) is 5.76 Å². The lowest BCUT2D eigenvalue weighted by atomic mass is 10.2. The van der Waals surface area contributed by atoms with Gasteiger partial charge in [-0.3, -0.25) is 0 Å². The van der Waals surface area contributed by atoms with E-state index in [4.69, 9.17) is 4.42 Å². The van der Waals surface area contributed by atoms with Gasteiger partial charge in [0.15, 0.2) is 0 Å². The molecule has 0 bridgehead atoms. The highest BCUT2D eigenvalue weighted by Gasteiger charge is 1.94. The van der Waals surface area contributed by atoms with E-state index in [0.29, 0.717) is 0 Å². The highest BCUT2D eigenvalue weighted by Crippen LogP contribution is 2.07. The first kappa shape index (κ1) is 6.40. The summed E-state index contributed by atoms with van der Waals surface area (Å²) in [6.45, 7) is 4.22. The topological polar surface area (TPSA) is 13.1 Å². The van der Waals surface area contributed by atoms with Crippen LogP contribution in [0.4, 0.5) is 0 Å². The Morgan fingerprint density at radius 3 is 2.44 bits per heavy atom. The lowest BCUT2D eigenvalue weighted by Crippen LogP contribution is -1.71. The fourth-order valence-corrected chi connectivity index (χ4v) is 0.797. The molecule has 0 aromatic carbocycles. The van der Waals surface area contributed by atoms with Gasteiger partial charge in [-0.25, -0.2) is 0 Å². The van der Waals surface area contributed by atoms with Crippen LogP contribution in [0.15, 0.2) is 16.7 Å². The molecule has 50 valence electrons. The Bertz CT molecular complexity index is 158. The van der Waals surface area contributed by atoms with Gasteiger partial charge in [0, 0.05) is 6.42 Å². The van der Waals surface area contributed by atoms with Crippen LogP contribution in [0.1, 0.15) is 25.2 Å². The maximum atomic E-state index is 5.20. The summed E-state index contributed by atoms with van der Waals surface area (Å²) in [6, 6.07) is 2.11. The van der Waals surface area contributed by atoms with Crippen molar-refractivity contribution < 1.29 is 4.42 Å². The van der Waals surface area contributed by atoms with Gasteiger partial charge < -0.3 is 4.42 Å². The second kappa shape index (κ2) is 2.72. The van der Waals surface area contributed by atoms with Crippen LogP contribution in [0.25, 0.3) is 0 Å². The first-order valence-electron chi connectivity index (χ1n) is 3.43.